The van der Waals surface area contributed by atoms with E-state index in [0.717, 1.165) is 12.8 Å². The Morgan fingerprint density at radius 2 is 1.07 bits per heavy atom. The zero-order valence-corrected chi connectivity index (χ0v) is 16.6. The Bertz CT molecular complexity index is 1060. The molecule has 6 rings (SSSR count). The molecule has 1 aliphatic heterocycles. The van der Waals surface area contributed by atoms with E-state index in [-0.39, 0.29) is 39.2 Å². The Kier molecular flexibility index (Phi) is 3.23. The largest absolute Gasteiger partial charge is 0.369 e. The third kappa shape index (κ3) is 2.00. The highest BCUT2D eigenvalue weighted by Crippen LogP contribution is 2.78. The van der Waals surface area contributed by atoms with Gasteiger partial charge in [-0.2, -0.15) is 0 Å². The van der Waals surface area contributed by atoms with Crippen LogP contribution in [0.1, 0.15) is 12.8 Å². The van der Waals surface area contributed by atoms with Crippen molar-refractivity contribution < 1.29 is 21.6 Å². The summed E-state index contributed by atoms with van der Waals surface area (Å²) in [5.74, 6) is -0.451. The molecule has 3 aliphatic carbocycles. The van der Waals surface area contributed by atoms with Crippen LogP contribution in [0, 0.1) is 17.3 Å². The lowest BCUT2D eigenvalue weighted by atomic mass is 9.93. The quantitative estimate of drug-likeness (QED) is 0.716. The van der Waals surface area contributed by atoms with E-state index in [9.17, 15) is 16.8 Å². The van der Waals surface area contributed by atoms with Gasteiger partial charge in [-0.3, -0.25) is 0 Å². The van der Waals surface area contributed by atoms with Gasteiger partial charge >= 0.3 is 0 Å². The summed E-state index contributed by atoms with van der Waals surface area (Å²) in [6.45, 7) is 0. The monoisotopic (exact) mass is 416 g/mol. The van der Waals surface area contributed by atoms with Crippen LogP contribution >= 0.6 is 0 Å². The minimum atomic E-state index is -3.81. The van der Waals surface area contributed by atoms with Gasteiger partial charge in [0.1, 0.15) is 0 Å². The lowest BCUT2D eigenvalue weighted by Crippen LogP contribution is -2.46. The molecule has 6 atom stereocenters. The molecule has 5 nitrogen and oxygen atoms in total. The Morgan fingerprint density at radius 3 is 1.43 bits per heavy atom. The van der Waals surface area contributed by atoms with Crippen molar-refractivity contribution in [1.82, 2.24) is 0 Å². The maximum atomic E-state index is 13.7. The van der Waals surface area contributed by atoms with Gasteiger partial charge in [0.05, 0.1) is 32.5 Å². The van der Waals surface area contributed by atoms with Crippen LogP contribution in [0.2, 0.25) is 0 Å². The number of epoxide rings is 1. The molecule has 3 saturated carbocycles. The second-order valence-electron chi connectivity index (χ2n) is 8.50. The summed E-state index contributed by atoms with van der Waals surface area (Å²) in [6, 6.07) is 16.5. The van der Waals surface area contributed by atoms with Crippen LogP contribution in [-0.2, 0) is 24.4 Å². The van der Waals surface area contributed by atoms with Gasteiger partial charge in [0, 0.05) is 11.8 Å². The molecule has 2 aromatic rings. The number of fused-ring (bicyclic) bond motifs is 3. The van der Waals surface area contributed by atoms with Crippen molar-refractivity contribution in [2.24, 2.45) is 17.3 Å². The number of sulfone groups is 2. The first kappa shape index (κ1) is 17.2. The minimum absolute atomic E-state index is 0.0989. The predicted octanol–water partition coefficient (Wildman–Crippen LogP) is 2.48. The Labute approximate surface area is 164 Å². The second kappa shape index (κ2) is 5.26. The van der Waals surface area contributed by atoms with Crippen LogP contribution < -0.4 is 0 Å². The average Bonchev–Trinajstić information content (AvgIpc) is 3.61. The molecule has 0 amide bonds. The first-order valence-electron chi connectivity index (χ1n) is 9.62. The summed E-state index contributed by atoms with van der Waals surface area (Å²) in [5, 5.41) is -1.90. The standard InChI is InChI=1S/C21H20O5S2/c22-27(23,13-7-3-1-4-8-13)19-15-17-18(26-17)16(21(15)11-12-21)20(19)28(24,25)14-9-5-2-6-10-14/h1-10,15-20H,11-12H2/t15-,16+,17-,18-,19-,20+/m0/s1. The van der Waals surface area contributed by atoms with Crippen molar-refractivity contribution in [3.63, 3.8) is 0 Å². The van der Waals surface area contributed by atoms with E-state index in [4.69, 9.17) is 4.74 Å². The molecule has 2 bridgehead atoms. The number of hydrogen-bond acceptors (Lipinski definition) is 5. The van der Waals surface area contributed by atoms with Crippen LogP contribution in [-0.4, -0.2) is 39.5 Å². The summed E-state index contributed by atoms with van der Waals surface area (Å²) in [5.41, 5.74) is -0.174. The molecule has 1 heterocycles. The number of benzene rings is 2. The van der Waals surface area contributed by atoms with Crippen LogP contribution in [0.5, 0.6) is 0 Å². The summed E-state index contributed by atoms with van der Waals surface area (Å²) >= 11 is 0. The summed E-state index contributed by atoms with van der Waals surface area (Å²) in [6.07, 6.45) is 1.61. The molecule has 28 heavy (non-hydrogen) atoms. The maximum Gasteiger partial charge on any atom is 0.182 e. The molecule has 1 spiro atoms. The van der Waals surface area contributed by atoms with Gasteiger partial charge in [-0.15, -0.1) is 0 Å². The van der Waals surface area contributed by atoms with Crippen LogP contribution in [0.15, 0.2) is 70.5 Å². The van der Waals surface area contributed by atoms with Crippen LogP contribution in [0.4, 0.5) is 0 Å². The molecule has 4 aliphatic rings. The van der Waals surface area contributed by atoms with E-state index in [1.807, 2.05) is 0 Å². The Morgan fingerprint density at radius 1 is 0.679 bits per heavy atom. The second-order valence-corrected chi connectivity index (χ2v) is 12.7. The lowest BCUT2D eigenvalue weighted by molar-refractivity contribution is 0.180. The molecule has 0 aromatic heterocycles. The topological polar surface area (TPSA) is 80.8 Å². The van der Waals surface area contributed by atoms with Crippen molar-refractivity contribution in [2.45, 2.75) is 45.3 Å². The minimum Gasteiger partial charge on any atom is -0.369 e. The predicted molar refractivity (Wildman–Crippen MR) is 102 cm³/mol. The van der Waals surface area contributed by atoms with Gasteiger partial charge in [-0.05, 0) is 42.5 Å². The molecule has 0 N–H and O–H groups in total. The average molecular weight is 417 g/mol. The fourth-order valence-corrected chi connectivity index (χ4v) is 11.4. The van der Waals surface area contributed by atoms with Crippen molar-refractivity contribution >= 4 is 19.7 Å². The highest BCUT2D eigenvalue weighted by molar-refractivity contribution is 7.96. The molecule has 146 valence electrons. The first-order valence-corrected chi connectivity index (χ1v) is 12.7. The number of rotatable bonds is 4. The van der Waals surface area contributed by atoms with E-state index in [1.54, 1.807) is 60.7 Å². The molecular weight excluding hydrogens is 396 g/mol. The summed E-state index contributed by atoms with van der Waals surface area (Å²) in [7, 11) is -7.61. The van der Waals surface area contributed by atoms with Gasteiger partial charge in [0.2, 0.25) is 0 Å². The van der Waals surface area contributed by atoms with Gasteiger partial charge in [-0.1, -0.05) is 36.4 Å². The highest BCUT2D eigenvalue weighted by Gasteiger charge is 2.85. The van der Waals surface area contributed by atoms with E-state index in [0.29, 0.717) is 0 Å². The third-order valence-electron chi connectivity index (χ3n) is 7.32. The van der Waals surface area contributed by atoms with E-state index in [2.05, 4.69) is 0 Å². The van der Waals surface area contributed by atoms with Crippen molar-refractivity contribution in [1.29, 1.82) is 0 Å². The smallest absolute Gasteiger partial charge is 0.182 e. The van der Waals surface area contributed by atoms with Gasteiger partial charge in [-0.25, -0.2) is 16.8 Å². The lowest BCUT2D eigenvalue weighted by Gasteiger charge is -2.28. The van der Waals surface area contributed by atoms with E-state index < -0.39 is 30.2 Å². The Balaban J connectivity index is 1.55. The number of ether oxygens (including phenoxy) is 1. The fourth-order valence-electron chi connectivity index (χ4n) is 6.11. The van der Waals surface area contributed by atoms with Crippen molar-refractivity contribution in [3.05, 3.63) is 60.7 Å². The van der Waals surface area contributed by atoms with Gasteiger partial charge in [0.25, 0.3) is 0 Å². The normalized spacial score (nSPS) is 37.0. The molecule has 7 heteroatoms. The van der Waals surface area contributed by atoms with E-state index >= 15 is 0 Å². The van der Waals surface area contributed by atoms with Crippen molar-refractivity contribution in [2.75, 3.05) is 0 Å². The van der Waals surface area contributed by atoms with Gasteiger partial charge in [0.15, 0.2) is 19.7 Å². The third-order valence-corrected chi connectivity index (χ3v) is 12.0. The molecule has 0 radical (unpaired) electrons. The first-order chi connectivity index (χ1) is 13.4. The van der Waals surface area contributed by atoms with Crippen LogP contribution in [0.3, 0.4) is 0 Å². The molecule has 0 unspecified atom stereocenters. The highest BCUT2D eigenvalue weighted by atomic mass is 32.2. The zero-order valence-electron chi connectivity index (χ0n) is 15.0. The Hall–Kier alpha value is -1.70. The zero-order chi connectivity index (χ0) is 19.3. The molecule has 1 saturated heterocycles. The number of hydrogen-bond donors (Lipinski definition) is 0. The fraction of sp³-hybridized carbons (Fsp3) is 0.429. The molecular formula is C21H20O5S2. The SMILES string of the molecule is O=S(=O)(c1ccccc1)[C@@H]1[C@H]2[C@@H]3O[C@H]3[C@@H]([C@@H]1S(=O)(=O)c1ccccc1)C21CC1. The van der Waals surface area contributed by atoms with Crippen molar-refractivity contribution in [3.8, 4) is 0 Å². The van der Waals surface area contributed by atoms with E-state index in [1.165, 1.54) is 0 Å². The summed E-state index contributed by atoms with van der Waals surface area (Å²) < 4.78 is 60.5. The molecule has 4 fully saturated rings. The maximum absolute atomic E-state index is 13.7. The summed E-state index contributed by atoms with van der Waals surface area (Å²) in [4.78, 5) is 0.405. The van der Waals surface area contributed by atoms with Crippen LogP contribution in [0.25, 0.3) is 0 Å². The van der Waals surface area contributed by atoms with Gasteiger partial charge < -0.3 is 4.74 Å². The molecule has 2 aromatic carbocycles.